The van der Waals surface area contributed by atoms with E-state index in [0.717, 1.165) is 43.3 Å². The van der Waals surface area contributed by atoms with Crippen LogP contribution >= 0.6 is 11.8 Å². The molecule has 5 heteroatoms. The Kier molecular flexibility index (Phi) is 5.28. The maximum atomic E-state index is 5.53. The predicted octanol–water partition coefficient (Wildman–Crippen LogP) is 3.48. The van der Waals surface area contributed by atoms with Gasteiger partial charge in [0, 0.05) is 5.25 Å². The van der Waals surface area contributed by atoms with Crippen molar-refractivity contribution in [2.45, 2.75) is 69.4 Å². The molecule has 1 aromatic heterocycles. The van der Waals surface area contributed by atoms with E-state index in [-0.39, 0.29) is 5.54 Å². The summed E-state index contributed by atoms with van der Waals surface area (Å²) in [5, 5.41) is 8.37. The van der Waals surface area contributed by atoms with Gasteiger partial charge in [0.1, 0.15) is 0 Å². The van der Waals surface area contributed by atoms with Gasteiger partial charge in [-0.25, -0.2) is 0 Å². The van der Waals surface area contributed by atoms with Crippen LogP contribution < -0.4 is 5.32 Å². The van der Waals surface area contributed by atoms with Crippen molar-refractivity contribution in [2.75, 3.05) is 6.54 Å². The minimum absolute atomic E-state index is 0.0545. The molecule has 1 aromatic rings. The van der Waals surface area contributed by atoms with E-state index < -0.39 is 0 Å². The van der Waals surface area contributed by atoms with Crippen molar-refractivity contribution in [2.24, 2.45) is 0 Å². The Hall–Kier alpha value is -0.550. The molecule has 4 nitrogen and oxygen atoms in total. The van der Waals surface area contributed by atoms with Crippen LogP contribution in [0.2, 0.25) is 0 Å². The molecule has 2 heterocycles. The molecule has 1 aliphatic heterocycles. The van der Waals surface area contributed by atoms with Gasteiger partial charge in [0.2, 0.25) is 5.89 Å². The third-order valence-corrected chi connectivity index (χ3v) is 5.20. The number of hydrogen-bond donors (Lipinski definition) is 1. The van der Waals surface area contributed by atoms with E-state index in [1.807, 2.05) is 11.8 Å². The molecule has 0 bridgehead atoms. The van der Waals surface area contributed by atoms with Crippen molar-refractivity contribution in [3.05, 3.63) is 11.7 Å². The SMILES string of the molecule is CCCC1(c2nc(CSC(C)CC)no2)CCCN1. The van der Waals surface area contributed by atoms with Crippen molar-refractivity contribution >= 4 is 11.8 Å². The summed E-state index contributed by atoms with van der Waals surface area (Å²) < 4.78 is 5.53. The highest BCUT2D eigenvalue weighted by Gasteiger charge is 2.39. The van der Waals surface area contributed by atoms with E-state index in [9.17, 15) is 0 Å². The Balaban J connectivity index is 2.02. The average Bonchev–Trinajstić information content (AvgIpc) is 3.05. The largest absolute Gasteiger partial charge is 0.337 e. The molecule has 0 aromatic carbocycles. The second-order valence-corrected chi connectivity index (χ2v) is 6.83. The van der Waals surface area contributed by atoms with Gasteiger partial charge in [-0.3, -0.25) is 0 Å². The van der Waals surface area contributed by atoms with Crippen LogP contribution in [-0.2, 0) is 11.3 Å². The number of rotatable bonds is 7. The number of nitrogens with zero attached hydrogens (tertiary/aromatic N) is 2. The quantitative estimate of drug-likeness (QED) is 0.830. The standard InChI is InChI=1S/C14H25N3OS/c1-4-7-14(8-6-9-15-14)13-16-12(17-18-13)10-19-11(3)5-2/h11,15H,4-10H2,1-3H3. The molecule has 108 valence electrons. The molecule has 1 aliphatic rings. The van der Waals surface area contributed by atoms with Gasteiger partial charge in [-0.15, -0.1) is 0 Å². The normalized spacial score (nSPS) is 24.8. The lowest BCUT2D eigenvalue weighted by atomic mass is 9.92. The summed E-state index contributed by atoms with van der Waals surface area (Å²) >= 11 is 1.89. The van der Waals surface area contributed by atoms with Gasteiger partial charge >= 0.3 is 0 Å². The van der Waals surface area contributed by atoms with Crippen molar-refractivity contribution < 1.29 is 4.52 Å². The molecule has 2 rings (SSSR count). The molecular formula is C14H25N3OS. The van der Waals surface area contributed by atoms with Gasteiger partial charge in [0.15, 0.2) is 5.82 Å². The molecular weight excluding hydrogens is 258 g/mol. The summed E-state index contributed by atoms with van der Waals surface area (Å²) in [6.45, 7) is 7.71. The zero-order valence-electron chi connectivity index (χ0n) is 12.2. The Bertz CT molecular complexity index is 388. The van der Waals surface area contributed by atoms with Gasteiger partial charge in [-0.05, 0) is 32.2 Å². The lowest BCUT2D eigenvalue weighted by Gasteiger charge is -2.24. The Morgan fingerprint density at radius 1 is 1.47 bits per heavy atom. The first kappa shape index (κ1) is 14.9. The van der Waals surface area contributed by atoms with Crippen LogP contribution in [0, 0.1) is 0 Å². The van der Waals surface area contributed by atoms with E-state index in [0.29, 0.717) is 5.25 Å². The van der Waals surface area contributed by atoms with Crippen molar-refractivity contribution in [3.8, 4) is 0 Å². The summed E-state index contributed by atoms with van der Waals surface area (Å²) in [6, 6.07) is 0. The van der Waals surface area contributed by atoms with Crippen LogP contribution in [0.3, 0.4) is 0 Å². The van der Waals surface area contributed by atoms with E-state index >= 15 is 0 Å². The minimum Gasteiger partial charge on any atom is -0.337 e. The van der Waals surface area contributed by atoms with Crippen molar-refractivity contribution in [1.29, 1.82) is 0 Å². The predicted molar refractivity (Wildman–Crippen MR) is 79.2 cm³/mol. The Labute approximate surface area is 120 Å². The smallest absolute Gasteiger partial charge is 0.246 e. The first-order chi connectivity index (χ1) is 9.20. The number of aromatic nitrogens is 2. The lowest BCUT2D eigenvalue weighted by Crippen LogP contribution is -2.37. The van der Waals surface area contributed by atoms with E-state index in [4.69, 9.17) is 4.52 Å². The Morgan fingerprint density at radius 3 is 2.95 bits per heavy atom. The van der Waals surface area contributed by atoms with Crippen molar-refractivity contribution in [1.82, 2.24) is 15.5 Å². The van der Waals surface area contributed by atoms with Gasteiger partial charge in [0.05, 0.1) is 11.3 Å². The summed E-state index contributed by atoms with van der Waals surface area (Å²) in [7, 11) is 0. The molecule has 2 atom stereocenters. The molecule has 19 heavy (non-hydrogen) atoms. The van der Waals surface area contributed by atoms with Crippen LogP contribution in [0.15, 0.2) is 4.52 Å². The average molecular weight is 283 g/mol. The number of nitrogens with one attached hydrogen (secondary N) is 1. The van der Waals surface area contributed by atoms with Crippen LogP contribution in [0.5, 0.6) is 0 Å². The first-order valence-corrected chi connectivity index (χ1v) is 8.44. The van der Waals surface area contributed by atoms with Gasteiger partial charge in [0.25, 0.3) is 0 Å². The van der Waals surface area contributed by atoms with Crippen LogP contribution in [0.25, 0.3) is 0 Å². The molecule has 0 spiro atoms. The molecule has 0 saturated carbocycles. The minimum atomic E-state index is -0.0545. The number of thioether (sulfide) groups is 1. The zero-order chi connectivity index (χ0) is 13.7. The van der Waals surface area contributed by atoms with Crippen LogP contribution in [0.4, 0.5) is 0 Å². The van der Waals surface area contributed by atoms with Crippen LogP contribution in [-0.4, -0.2) is 21.9 Å². The molecule has 0 aliphatic carbocycles. The molecule has 0 radical (unpaired) electrons. The van der Waals surface area contributed by atoms with E-state index in [1.165, 1.54) is 12.8 Å². The molecule has 1 saturated heterocycles. The highest BCUT2D eigenvalue weighted by Crippen LogP contribution is 2.34. The zero-order valence-corrected chi connectivity index (χ0v) is 13.1. The summed E-state index contributed by atoms with van der Waals surface area (Å²) in [5.41, 5.74) is -0.0545. The topological polar surface area (TPSA) is 51.0 Å². The van der Waals surface area contributed by atoms with Gasteiger partial charge in [-0.2, -0.15) is 16.7 Å². The van der Waals surface area contributed by atoms with Crippen LogP contribution in [0.1, 0.15) is 64.6 Å². The van der Waals surface area contributed by atoms with Gasteiger partial charge in [-0.1, -0.05) is 32.3 Å². The van der Waals surface area contributed by atoms with E-state index in [2.05, 4.69) is 36.2 Å². The molecule has 1 fully saturated rings. The Morgan fingerprint density at radius 2 is 2.32 bits per heavy atom. The third-order valence-electron chi connectivity index (χ3n) is 3.87. The second kappa shape index (κ2) is 6.75. The first-order valence-electron chi connectivity index (χ1n) is 7.40. The summed E-state index contributed by atoms with van der Waals surface area (Å²) in [4.78, 5) is 4.63. The third kappa shape index (κ3) is 3.51. The maximum Gasteiger partial charge on any atom is 0.246 e. The maximum absolute atomic E-state index is 5.53. The molecule has 2 unspecified atom stereocenters. The fraction of sp³-hybridized carbons (Fsp3) is 0.857. The molecule has 1 N–H and O–H groups in total. The summed E-state index contributed by atoms with van der Waals surface area (Å²) in [5.74, 6) is 2.48. The van der Waals surface area contributed by atoms with E-state index in [1.54, 1.807) is 0 Å². The second-order valence-electron chi connectivity index (χ2n) is 5.41. The fourth-order valence-corrected chi connectivity index (χ4v) is 3.36. The highest BCUT2D eigenvalue weighted by molar-refractivity contribution is 7.99. The fourth-order valence-electron chi connectivity index (χ4n) is 2.58. The number of hydrogen-bond acceptors (Lipinski definition) is 5. The lowest BCUT2D eigenvalue weighted by molar-refractivity contribution is 0.240. The van der Waals surface area contributed by atoms with Crippen molar-refractivity contribution in [3.63, 3.8) is 0 Å². The highest BCUT2D eigenvalue weighted by atomic mass is 32.2. The molecule has 0 amide bonds. The van der Waals surface area contributed by atoms with Gasteiger partial charge < -0.3 is 9.84 Å². The summed E-state index contributed by atoms with van der Waals surface area (Å²) in [6.07, 6.45) is 5.69. The monoisotopic (exact) mass is 283 g/mol.